The molecular weight excluding hydrogens is 216 g/mol. The molecule has 0 rings (SSSR count). The molecule has 0 radical (unpaired) electrons. The number of hydrogen-bond acceptors (Lipinski definition) is 5. The molecule has 0 spiro atoms. The summed E-state index contributed by atoms with van der Waals surface area (Å²) < 4.78 is 14.8. The molecule has 1 N–H and O–H groups in total. The molecule has 0 amide bonds. The number of rotatable bonds is 8. The SMILES string of the molecule is C=CC(=O)C(CC)OC[Si](O)(OC)OC. The van der Waals surface area contributed by atoms with Crippen LogP contribution in [0.15, 0.2) is 12.7 Å². The van der Waals surface area contributed by atoms with E-state index in [1.165, 1.54) is 20.3 Å². The Labute approximate surface area is 91.0 Å². The highest BCUT2D eigenvalue weighted by Gasteiger charge is 2.36. The molecule has 88 valence electrons. The quantitative estimate of drug-likeness (QED) is 0.483. The second-order valence-electron chi connectivity index (χ2n) is 2.94. The van der Waals surface area contributed by atoms with Gasteiger partial charge in [-0.15, -0.1) is 0 Å². The van der Waals surface area contributed by atoms with Gasteiger partial charge in [0.15, 0.2) is 5.78 Å². The van der Waals surface area contributed by atoms with E-state index in [0.29, 0.717) is 6.42 Å². The lowest BCUT2D eigenvalue weighted by atomic mass is 10.2. The topological polar surface area (TPSA) is 65.0 Å². The molecule has 0 aliphatic rings. The van der Waals surface area contributed by atoms with Crippen molar-refractivity contribution in [1.82, 2.24) is 0 Å². The van der Waals surface area contributed by atoms with Gasteiger partial charge in [-0.3, -0.25) is 4.79 Å². The van der Waals surface area contributed by atoms with Gasteiger partial charge in [0.2, 0.25) is 0 Å². The van der Waals surface area contributed by atoms with E-state index in [1.54, 1.807) is 0 Å². The lowest BCUT2D eigenvalue weighted by Crippen LogP contribution is -2.47. The Balaban J connectivity index is 4.21. The largest absolute Gasteiger partial charge is 0.524 e. The molecule has 0 bridgehead atoms. The van der Waals surface area contributed by atoms with E-state index < -0.39 is 14.9 Å². The fraction of sp³-hybridized carbons (Fsp3) is 0.667. The fourth-order valence-electron chi connectivity index (χ4n) is 0.940. The Morgan fingerprint density at radius 3 is 2.40 bits per heavy atom. The predicted molar refractivity (Wildman–Crippen MR) is 57.2 cm³/mol. The maximum absolute atomic E-state index is 11.2. The Morgan fingerprint density at radius 2 is 2.07 bits per heavy atom. The highest BCUT2D eigenvalue weighted by atomic mass is 28.4. The molecule has 0 aliphatic carbocycles. The second-order valence-corrected chi connectivity index (χ2v) is 5.47. The van der Waals surface area contributed by atoms with Crippen LogP contribution in [-0.2, 0) is 18.4 Å². The lowest BCUT2D eigenvalue weighted by Gasteiger charge is -2.22. The molecule has 15 heavy (non-hydrogen) atoms. The van der Waals surface area contributed by atoms with Crippen molar-refractivity contribution in [3.05, 3.63) is 12.7 Å². The van der Waals surface area contributed by atoms with Crippen LogP contribution in [0.4, 0.5) is 0 Å². The molecule has 0 aliphatic heterocycles. The lowest BCUT2D eigenvalue weighted by molar-refractivity contribution is -0.125. The summed E-state index contributed by atoms with van der Waals surface area (Å²) in [6.07, 6.45) is 1.03. The average Bonchev–Trinajstić information content (AvgIpc) is 2.29. The fourth-order valence-corrected chi connectivity index (χ4v) is 1.75. The second kappa shape index (κ2) is 6.86. The van der Waals surface area contributed by atoms with Gasteiger partial charge in [0.05, 0.1) is 0 Å². The van der Waals surface area contributed by atoms with Crippen molar-refractivity contribution in [3.8, 4) is 0 Å². The minimum Gasteiger partial charge on any atom is -0.388 e. The molecule has 0 saturated carbocycles. The Hall–Kier alpha value is -0.533. The molecular formula is C9H18O5Si. The van der Waals surface area contributed by atoms with Crippen LogP contribution in [0.1, 0.15) is 13.3 Å². The van der Waals surface area contributed by atoms with E-state index in [2.05, 4.69) is 6.58 Å². The third-order valence-corrected chi connectivity index (χ3v) is 3.80. The smallest absolute Gasteiger partial charge is 0.388 e. The van der Waals surface area contributed by atoms with Crippen LogP contribution in [0.2, 0.25) is 0 Å². The summed E-state index contributed by atoms with van der Waals surface area (Å²) in [6.45, 7) is 5.18. The van der Waals surface area contributed by atoms with Crippen molar-refractivity contribution in [3.63, 3.8) is 0 Å². The number of hydrogen-bond donors (Lipinski definition) is 1. The van der Waals surface area contributed by atoms with Crippen molar-refractivity contribution >= 4 is 14.6 Å². The summed E-state index contributed by atoms with van der Waals surface area (Å²) in [6, 6.07) is 0. The Bertz CT molecular complexity index is 215. The number of ether oxygens (including phenoxy) is 1. The summed E-state index contributed by atoms with van der Waals surface area (Å²) in [5.41, 5.74) is 0. The van der Waals surface area contributed by atoms with Gasteiger partial charge >= 0.3 is 8.80 Å². The molecule has 0 saturated heterocycles. The highest BCUT2D eigenvalue weighted by Crippen LogP contribution is 2.06. The number of carbonyl (C=O) groups is 1. The first-order valence-corrected chi connectivity index (χ1v) is 6.60. The first-order chi connectivity index (χ1) is 7.02. The first kappa shape index (κ1) is 14.5. The van der Waals surface area contributed by atoms with E-state index in [1.807, 2.05) is 6.92 Å². The predicted octanol–water partition coefficient (Wildman–Crippen LogP) is 0.300. The minimum absolute atomic E-state index is 0.0991. The standard InChI is InChI=1S/C9H18O5Si/c1-5-8(10)9(6-2)14-7-15(11,12-3)13-4/h5,9,11H,1,6-7H2,2-4H3. The zero-order valence-electron chi connectivity index (χ0n) is 9.36. The Morgan fingerprint density at radius 1 is 1.53 bits per heavy atom. The van der Waals surface area contributed by atoms with Gasteiger partial charge < -0.3 is 18.4 Å². The van der Waals surface area contributed by atoms with Gasteiger partial charge in [-0.1, -0.05) is 13.5 Å². The Kier molecular flexibility index (Phi) is 6.62. The van der Waals surface area contributed by atoms with Gasteiger partial charge in [-0.2, -0.15) is 0 Å². The number of carbonyl (C=O) groups excluding carboxylic acids is 1. The zero-order valence-corrected chi connectivity index (χ0v) is 10.4. The van der Waals surface area contributed by atoms with Gasteiger partial charge in [-0.05, 0) is 12.5 Å². The zero-order chi connectivity index (χ0) is 11.9. The normalized spacial score (nSPS) is 13.6. The van der Waals surface area contributed by atoms with E-state index in [-0.39, 0.29) is 12.0 Å². The third-order valence-electron chi connectivity index (χ3n) is 1.99. The van der Waals surface area contributed by atoms with Crippen LogP contribution < -0.4 is 0 Å². The maximum Gasteiger partial charge on any atom is 0.524 e. The average molecular weight is 234 g/mol. The minimum atomic E-state index is -3.24. The molecule has 0 aromatic rings. The third kappa shape index (κ3) is 4.67. The van der Waals surface area contributed by atoms with Crippen LogP contribution in [0.5, 0.6) is 0 Å². The highest BCUT2D eigenvalue weighted by molar-refractivity contribution is 6.59. The summed E-state index contributed by atoms with van der Waals surface area (Å²) in [5, 5.41) is 0. The van der Waals surface area contributed by atoms with Gasteiger partial charge in [-0.25, -0.2) is 0 Å². The van der Waals surface area contributed by atoms with Crippen LogP contribution in [0, 0.1) is 0 Å². The molecule has 1 atom stereocenters. The summed E-state index contributed by atoms with van der Waals surface area (Å²) in [5.74, 6) is -0.207. The van der Waals surface area contributed by atoms with Crippen molar-refractivity contribution in [1.29, 1.82) is 0 Å². The van der Waals surface area contributed by atoms with Crippen LogP contribution in [0.25, 0.3) is 0 Å². The maximum atomic E-state index is 11.2. The van der Waals surface area contributed by atoms with Crippen molar-refractivity contribution in [2.75, 3.05) is 20.4 Å². The molecule has 0 fully saturated rings. The van der Waals surface area contributed by atoms with E-state index >= 15 is 0 Å². The van der Waals surface area contributed by atoms with E-state index in [9.17, 15) is 9.59 Å². The first-order valence-electron chi connectivity index (χ1n) is 4.63. The van der Waals surface area contributed by atoms with Gasteiger partial charge in [0.1, 0.15) is 12.3 Å². The molecule has 0 aromatic heterocycles. The summed E-state index contributed by atoms with van der Waals surface area (Å²) in [4.78, 5) is 20.9. The van der Waals surface area contributed by atoms with Gasteiger partial charge in [0.25, 0.3) is 0 Å². The van der Waals surface area contributed by atoms with Crippen LogP contribution in [0.3, 0.4) is 0 Å². The molecule has 1 unspecified atom stereocenters. The molecule has 0 aromatic carbocycles. The van der Waals surface area contributed by atoms with E-state index in [0.717, 1.165) is 0 Å². The number of ketones is 1. The van der Waals surface area contributed by atoms with Crippen molar-refractivity contribution in [2.24, 2.45) is 0 Å². The van der Waals surface area contributed by atoms with E-state index in [4.69, 9.17) is 13.6 Å². The van der Waals surface area contributed by atoms with Crippen LogP contribution >= 0.6 is 0 Å². The van der Waals surface area contributed by atoms with Gasteiger partial charge in [0, 0.05) is 14.2 Å². The molecule has 0 heterocycles. The van der Waals surface area contributed by atoms with Crippen molar-refractivity contribution < 1.29 is 23.2 Å². The van der Waals surface area contributed by atoms with Crippen molar-refractivity contribution in [2.45, 2.75) is 19.4 Å². The summed E-state index contributed by atoms with van der Waals surface area (Å²) in [7, 11) is -0.559. The van der Waals surface area contributed by atoms with Crippen LogP contribution in [-0.4, -0.2) is 45.9 Å². The monoisotopic (exact) mass is 234 g/mol. The molecule has 5 nitrogen and oxygen atoms in total. The molecule has 6 heteroatoms. The summed E-state index contributed by atoms with van der Waals surface area (Å²) >= 11 is 0.